The molecule has 8 atom stereocenters. The van der Waals surface area contributed by atoms with Crippen LogP contribution in [0.3, 0.4) is 0 Å². The highest BCUT2D eigenvalue weighted by Crippen LogP contribution is 2.66. The highest BCUT2D eigenvalue weighted by molar-refractivity contribution is 6.20. The van der Waals surface area contributed by atoms with Crippen molar-refractivity contribution >= 4 is 17.6 Å². The number of unbranched alkanes of at least 4 members (excludes halogenated alkanes) is 1. The Labute approximate surface area is 189 Å². The van der Waals surface area contributed by atoms with Crippen molar-refractivity contribution in [1.82, 2.24) is 0 Å². The van der Waals surface area contributed by atoms with E-state index in [9.17, 15) is 4.79 Å². The lowest BCUT2D eigenvalue weighted by atomic mass is 9.47. The summed E-state index contributed by atoms with van der Waals surface area (Å²) in [5.74, 6) is 3.42. The molecule has 0 heterocycles. The van der Waals surface area contributed by atoms with Gasteiger partial charge in [0.2, 0.25) is 0 Å². The molecular weight excluding hydrogens is 392 g/mol. The van der Waals surface area contributed by atoms with Gasteiger partial charge in [0, 0.05) is 18.7 Å². The number of fused-ring (bicyclic) bond motifs is 5. The summed E-state index contributed by atoms with van der Waals surface area (Å²) in [6.07, 6.45) is 18.1. The van der Waals surface area contributed by atoms with Gasteiger partial charge in [0.1, 0.15) is 6.10 Å². The first-order valence-corrected chi connectivity index (χ1v) is 13.2. The van der Waals surface area contributed by atoms with E-state index >= 15 is 0 Å². The van der Waals surface area contributed by atoms with E-state index < -0.39 is 0 Å². The molecule has 0 aromatic carbocycles. The minimum Gasteiger partial charge on any atom is -0.462 e. The van der Waals surface area contributed by atoms with Gasteiger partial charge < -0.3 is 4.74 Å². The van der Waals surface area contributed by atoms with Crippen molar-refractivity contribution in [2.75, 3.05) is 0 Å². The Morgan fingerprint density at radius 2 is 1.97 bits per heavy atom. The topological polar surface area (TPSA) is 26.3 Å². The summed E-state index contributed by atoms with van der Waals surface area (Å²) in [6, 6.07) is 0. The number of rotatable bonds is 6. The lowest BCUT2D eigenvalue weighted by Gasteiger charge is -2.58. The zero-order valence-corrected chi connectivity index (χ0v) is 20.5. The summed E-state index contributed by atoms with van der Waals surface area (Å²) in [5.41, 5.74) is 2.51. The maximum absolute atomic E-state index is 11.5. The molecule has 4 aliphatic rings. The molecule has 4 rings (SSSR count). The third-order valence-electron chi connectivity index (χ3n) is 9.99. The summed E-state index contributed by atoms with van der Waals surface area (Å²) >= 11 is 6.16. The summed E-state index contributed by atoms with van der Waals surface area (Å²) in [7, 11) is 0. The van der Waals surface area contributed by atoms with Gasteiger partial charge >= 0.3 is 5.97 Å². The fraction of sp³-hybridized carbons (Fsp3) is 0.889. The average Bonchev–Trinajstić information content (AvgIpc) is 3.01. The minimum absolute atomic E-state index is 0.110. The molecule has 30 heavy (non-hydrogen) atoms. The van der Waals surface area contributed by atoms with Crippen molar-refractivity contribution in [2.24, 2.45) is 34.5 Å². The number of ether oxygens (including phenoxy) is 1. The number of hydrogen-bond acceptors (Lipinski definition) is 2. The third kappa shape index (κ3) is 4.12. The maximum Gasteiger partial charge on any atom is 0.302 e. The molecule has 3 unspecified atom stereocenters. The van der Waals surface area contributed by atoms with Gasteiger partial charge in [0.15, 0.2) is 0 Å². The quantitative estimate of drug-likeness (QED) is 0.185. The number of halogens is 1. The lowest BCUT2D eigenvalue weighted by Crippen LogP contribution is -2.50. The van der Waals surface area contributed by atoms with Gasteiger partial charge in [-0.15, -0.1) is 11.6 Å². The normalized spacial score (nSPS) is 43.8. The van der Waals surface area contributed by atoms with E-state index in [1.165, 1.54) is 64.2 Å². The van der Waals surface area contributed by atoms with Gasteiger partial charge in [-0.2, -0.15) is 0 Å². The largest absolute Gasteiger partial charge is 0.462 e. The van der Waals surface area contributed by atoms with Gasteiger partial charge in [0.25, 0.3) is 0 Å². The number of carbonyl (C=O) groups excluding carboxylic acids is 1. The SMILES string of the molecule is CC(=O)O[C@H]1CC[C@@]2(C)C(=CC[C@@H]3C2CC[C@@]2(C)C3CC[C@@H]2CCCCC(C)Cl)C1. The molecule has 0 bridgehead atoms. The Morgan fingerprint density at radius 1 is 1.17 bits per heavy atom. The fourth-order valence-corrected chi connectivity index (χ4v) is 8.52. The zero-order valence-electron chi connectivity index (χ0n) is 19.7. The van der Waals surface area contributed by atoms with Crippen molar-refractivity contribution in [3.63, 3.8) is 0 Å². The van der Waals surface area contributed by atoms with Crippen LogP contribution in [0.2, 0.25) is 0 Å². The molecule has 0 radical (unpaired) electrons. The van der Waals surface area contributed by atoms with E-state index in [4.69, 9.17) is 16.3 Å². The Kier molecular flexibility index (Phi) is 6.65. The van der Waals surface area contributed by atoms with Crippen molar-refractivity contribution < 1.29 is 9.53 Å². The van der Waals surface area contributed by atoms with Crippen LogP contribution in [0.25, 0.3) is 0 Å². The molecule has 2 nitrogen and oxygen atoms in total. The average molecular weight is 435 g/mol. The molecule has 0 aromatic heterocycles. The molecule has 0 saturated heterocycles. The second kappa shape index (κ2) is 8.80. The van der Waals surface area contributed by atoms with Gasteiger partial charge in [-0.1, -0.05) is 38.3 Å². The van der Waals surface area contributed by atoms with Gasteiger partial charge in [0.05, 0.1) is 0 Å². The van der Waals surface area contributed by atoms with E-state index in [1.807, 2.05) is 0 Å². The molecule has 3 fully saturated rings. The summed E-state index contributed by atoms with van der Waals surface area (Å²) < 4.78 is 5.59. The molecule has 170 valence electrons. The number of carbonyl (C=O) groups is 1. The second-order valence-corrected chi connectivity index (χ2v) is 12.4. The third-order valence-corrected chi connectivity index (χ3v) is 10.2. The van der Waals surface area contributed by atoms with Crippen molar-refractivity contribution in [2.45, 2.75) is 116 Å². The van der Waals surface area contributed by atoms with E-state index in [-0.39, 0.29) is 12.1 Å². The zero-order chi connectivity index (χ0) is 21.5. The number of hydrogen-bond donors (Lipinski definition) is 0. The van der Waals surface area contributed by atoms with Gasteiger partial charge in [-0.25, -0.2) is 0 Å². The van der Waals surface area contributed by atoms with Crippen LogP contribution in [0.5, 0.6) is 0 Å². The van der Waals surface area contributed by atoms with Crippen LogP contribution in [0.1, 0.15) is 105 Å². The highest BCUT2D eigenvalue weighted by atomic mass is 35.5. The summed E-state index contributed by atoms with van der Waals surface area (Å²) in [6.45, 7) is 8.87. The first kappa shape index (κ1) is 22.7. The standard InChI is InChI=1S/C27H43ClO2/c1-18(28)7-5-6-8-20-10-12-24-23-11-9-21-17-22(30-19(2)29)13-15-27(21,4)25(23)14-16-26(20,24)3/h9,18,20,22-25H,5-8,10-17H2,1-4H3/t18?,20-,22-,23-,24?,25?,26+,27-/m0/s1. The molecule has 0 spiro atoms. The van der Waals surface area contributed by atoms with Crippen LogP contribution in [0, 0.1) is 34.5 Å². The Hall–Kier alpha value is -0.500. The van der Waals surface area contributed by atoms with E-state index in [0.29, 0.717) is 16.2 Å². The second-order valence-electron chi connectivity index (χ2n) is 11.6. The number of esters is 1. The molecule has 0 N–H and O–H groups in total. The predicted molar refractivity (Wildman–Crippen MR) is 125 cm³/mol. The minimum atomic E-state index is -0.121. The van der Waals surface area contributed by atoms with Crippen molar-refractivity contribution in [3.8, 4) is 0 Å². The molecule has 3 saturated carbocycles. The highest BCUT2D eigenvalue weighted by Gasteiger charge is 2.58. The van der Waals surface area contributed by atoms with E-state index in [1.54, 1.807) is 12.5 Å². The Morgan fingerprint density at radius 3 is 2.70 bits per heavy atom. The van der Waals surface area contributed by atoms with Gasteiger partial charge in [-0.05, 0) is 99.2 Å². The molecule has 3 heteroatoms. The Balaban J connectivity index is 1.44. The molecule has 0 amide bonds. The molecule has 0 aromatic rings. The van der Waals surface area contributed by atoms with Crippen LogP contribution in [-0.2, 0) is 9.53 Å². The van der Waals surface area contributed by atoms with Gasteiger partial charge in [-0.3, -0.25) is 4.79 Å². The van der Waals surface area contributed by atoms with Crippen molar-refractivity contribution in [3.05, 3.63) is 11.6 Å². The predicted octanol–water partition coefficient (Wildman–Crippen LogP) is 7.68. The Bertz CT molecular complexity index is 670. The molecular formula is C27H43ClO2. The van der Waals surface area contributed by atoms with Crippen LogP contribution < -0.4 is 0 Å². The first-order valence-electron chi connectivity index (χ1n) is 12.7. The summed E-state index contributed by atoms with van der Waals surface area (Å²) in [4.78, 5) is 11.5. The molecule has 0 aliphatic heterocycles. The van der Waals surface area contributed by atoms with E-state index in [2.05, 4.69) is 26.8 Å². The van der Waals surface area contributed by atoms with Crippen LogP contribution in [0.15, 0.2) is 11.6 Å². The monoisotopic (exact) mass is 434 g/mol. The number of allylic oxidation sites excluding steroid dienone is 1. The lowest BCUT2D eigenvalue weighted by molar-refractivity contribution is -0.148. The fourth-order valence-electron chi connectivity index (χ4n) is 8.36. The van der Waals surface area contributed by atoms with Crippen molar-refractivity contribution in [1.29, 1.82) is 0 Å². The van der Waals surface area contributed by atoms with E-state index in [0.717, 1.165) is 36.5 Å². The first-order chi connectivity index (χ1) is 14.2. The smallest absolute Gasteiger partial charge is 0.302 e. The van der Waals surface area contributed by atoms with Crippen LogP contribution in [0.4, 0.5) is 0 Å². The maximum atomic E-state index is 11.5. The molecule has 4 aliphatic carbocycles. The number of alkyl halides is 1. The van der Waals surface area contributed by atoms with Crippen LogP contribution in [-0.4, -0.2) is 17.5 Å². The van der Waals surface area contributed by atoms with Crippen LogP contribution >= 0.6 is 11.6 Å². The summed E-state index contributed by atoms with van der Waals surface area (Å²) in [5, 5.41) is 0.326.